The second-order valence-electron chi connectivity index (χ2n) is 6.18. The molecule has 1 amide bonds. The lowest BCUT2D eigenvalue weighted by Crippen LogP contribution is -2.31. The number of nitrogens with one attached hydrogen (secondary N) is 1. The molecule has 0 radical (unpaired) electrons. The third kappa shape index (κ3) is 3.39. The number of anilines is 2. The van der Waals surface area contributed by atoms with Crippen molar-refractivity contribution in [2.24, 2.45) is 0 Å². The van der Waals surface area contributed by atoms with Crippen LogP contribution in [0.4, 0.5) is 15.9 Å². The van der Waals surface area contributed by atoms with Gasteiger partial charge in [-0.3, -0.25) is 4.79 Å². The van der Waals surface area contributed by atoms with Gasteiger partial charge in [0, 0.05) is 18.8 Å². The summed E-state index contributed by atoms with van der Waals surface area (Å²) in [6.45, 7) is 1.39. The average molecular weight is 348 g/mol. The zero-order valence-electron chi connectivity index (χ0n) is 14.0. The van der Waals surface area contributed by atoms with Gasteiger partial charge < -0.3 is 10.2 Å². The van der Waals surface area contributed by atoms with Crippen LogP contribution in [0.2, 0.25) is 0 Å². The van der Waals surface area contributed by atoms with E-state index in [2.05, 4.69) is 20.4 Å². The predicted molar refractivity (Wildman–Crippen MR) is 97.6 cm³/mol. The molecule has 0 fully saturated rings. The monoisotopic (exact) mass is 348 g/mol. The van der Waals surface area contributed by atoms with Crippen molar-refractivity contribution in [1.29, 1.82) is 0 Å². The van der Waals surface area contributed by atoms with Crippen LogP contribution >= 0.6 is 0 Å². The zero-order chi connectivity index (χ0) is 17.9. The minimum Gasteiger partial charge on any atom is -0.350 e. The molecular weight excluding hydrogens is 331 g/mol. The molecule has 4 rings (SSSR count). The Morgan fingerprint density at radius 1 is 1.00 bits per heavy atom. The number of fused-ring (bicyclic) bond motifs is 1. The van der Waals surface area contributed by atoms with E-state index >= 15 is 0 Å². The molecule has 5 nitrogen and oxygen atoms in total. The Labute approximate surface area is 150 Å². The van der Waals surface area contributed by atoms with Gasteiger partial charge in [-0.1, -0.05) is 24.3 Å². The Morgan fingerprint density at radius 3 is 2.62 bits per heavy atom. The van der Waals surface area contributed by atoms with Gasteiger partial charge in [-0.2, -0.15) is 0 Å². The number of amides is 1. The second kappa shape index (κ2) is 6.92. The quantitative estimate of drug-likeness (QED) is 0.788. The highest BCUT2D eigenvalue weighted by Crippen LogP contribution is 2.23. The average Bonchev–Trinajstić information content (AvgIpc) is 2.68. The zero-order valence-corrected chi connectivity index (χ0v) is 14.0. The number of benzene rings is 2. The first kappa shape index (κ1) is 16.2. The third-order valence-corrected chi connectivity index (χ3v) is 4.42. The summed E-state index contributed by atoms with van der Waals surface area (Å²) >= 11 is 0. The molecule has 130 valence electrons. The maximum Gasteiger partial charge on any atom is 0.276 e. The molecule has 0 saturated carbocycles. The predicted octanol–water partition coefficient (Wildman–Crippen LogP) is 3.43. The van der Waals surface area contributed by atoms with Gasteiger partial charge in [-0.05, 0) is 53.9 Å². The summed E-state index contributed by atoms with van der Waals surface area (Å²) in [6.07, 6.45) is 0.755. The molecule has 1 aliphatic heterocycles. The van der Waals surface area contributed by atoms with Crippen LogP contribution in [0.1, 0.15) is 21.6 Å². The topological polar surface area (TPSA) is 58.1 Å². The van der Waals surface area contributed by atoms with Crippen LogP contribution in [-0.4, -0.2) is 22.6 Å². The summed E-state index contributed by atoms with van der Waals surface area (Å²) < 4.78 is 13.3. The van der Waals surface area contributed by atoms with Crippen LogP contribution in [0, 0.1) is 5.82 Å². The lowest BCUT2D eigenvalue weighted by atomic mass is 10.00. The number of aromatic nitrogens is 2. The van der Waals surface area contributed by atoms with Crippen molar-refractivity contribution in [1.82, 2.24) is 10.2 Å². The Kier molecular flexibility index (Phi) is 4.31. The van der Waals surface area contributed by atoms with Crippen LogP contribution in [0.15, 0.2) is 60.7 Å². The molecule has 6 heteroatoms. The molecule has 0 atom stereocenters. The fourth-order valence-electron chi connectivity index (χ4n) is 3.05. The van der Waals surface area contributed by atoms with Gasteiger partial charge >= 0.3 is 0 Å². The summed E-state index contributed by atoms with van der Waals surface area (Å²) in [5, 5.41) is 11.0. The van der Waals surface area contributed by atoms with E-state index in [4.69, 9.17) is 0 Å². The minimum atomic E-state index is -0.297. The van der Waals surface area contributed by atoms with Gasteiger partial charge in [-0.15, -0.1) is 10.2 Å². The van der Waals surface area contributed by atoms with E-state index < -0.39 is 0 Å². The number of para-hydroxylation sites is 1. The molecule has 0 saturated heterocycles. The Hall–Kier alpha value is -3.28. The first-order valence-electron chi connectivity index (χ1n) is 8.41. The highest BCUT2D eigenvalue weighted by molar-refractivity contribution is 6.02. The SMILES string of the molecule is O=C(Nc1ccccc1)c1ccc(N2CCc3cc(F)ccc3C2)nn1. The minimum absolute atomic E-state index is 0.203. The summed E-state index contributed by atoms with van der Waals surface area (Å²) in [5.41, 5.74) is 3.10. The molecule has 0 unspecified atom stereocenters. The van der Waals surface area contributed by atoms with Crippen LogP contribution in [0.3, 0.4) is 0 Å². The van der Waals surface area contributed by atoms with E-state index in [1.54, 1.807) is 18.2 Å². The number of nitrogens with zero attached hydrogens (tertiary/aromatic N) is 3. The molecular formula is C20H17FN4O. The van der Waals surface area contributed by atoms with Gasteiger partial charge in [0.25, 0.3) is 5.91 Å². The molecule has 0 spiro atoms. The smallest absolute Gasteiger partial charge is 0.276 e. The van der Waals surface area contributed by atoms with Crippen molar-refractivity contribution in [3.05, 3.63) is 83.3 Å². The molecule has 1 N–H and O–H groups in total. The van der Waals surface area contributed by atoms with Crippen molar-refractivity contribution >= 4 is 17.4 Å². The maximum atomic E-state index is 13.3. The number of rotatable bonds is 3. The Bertz CT molecular complexity index is 928. The largest absolute Gasteiger partial charge is 0.350 e. The first-order valence-corrected chi connectivity index (χ1v) is 8.41. The number of carbonyl (C=O) groups is 1. The van der Waals surface area contributed by atoms with Crippen LogP contribution in [-0.2, 0) is 13.0 Å². The fraction of sp³-hybridized carbons (Fsp3) is 0.150. The third-order valence-electron chi connectivity index (χ3n) is 4.42. The molecule has 0 bridgehead atoms. The van der Waals surface area contributed by atoms with Crippen molar-refractivity contribution in [3.8, 4) is 0 Å². The molecule has 1 aromatic heterocycles. The Balaban J connectivity index is 1.46. The summed E-state index contributed by atoms with van der Waals surface area (Å²) in [5.74, 6) is 0.205. The summed E-state index contributed by atoms with van der Waals surface area (Å²) in [7, 11) is 0. The van der Waals surface area contributed by atoms with E-state index in [0.717, 1.165) is 24.1 Å². The van der Waals surface area contributed by atoms with E-state index in [0.29, 0.717) is 18.1 Å². The van der Waals surface area contributed by atoms with Crippen molar-refractivity contribution in [2.45, 2.75) is 13.0 Å². The Morgan fingerprint density at radius 2 is 1.85 bits per heavy atom. The van der Waals surface area contributed by atoms with Crippen LogP contribution < -0.4 is 10.2 Å². The summed E-state index contributed by atoms with van der Waals surface area (Å²) in [6, 6.07) is 17.6. The number of halogens is 1. The van der Waals surface area contributed by atoms with Gasteiger partial charge in [0.1, 0.15) is 5.82 Å². The van der Waals surface area contributed by atoms with Gasteiger partial charge in [-0.25, -0.2) is 4.39 Å². The van der Waals surface area contributed by atoms with Gasteiger partial charge in [0.05, 0.1) is 0 Å². The van der Waals surface area contributed by atoms with Crippen LogP contribution in [0.5, 0.6) is 0 Å². The fourth-order valence-corrected chi connectivity index (χ4v) is 3.05. The van der Waals surface area contributed by atoms with Crippen molar-refractivity contribution in [2.75, 3.05) is 16.8 Å². The second-order valence-corrected chi connectivity index (χ2v) is 6.18. The molecule has 3 aromatic rings. The highest BCUT2D eigenvalue weighted by atomic mass is 19.1. The first-order chi connectivity index (χ1) is 12.7. The highest BCUT2D eigenvalue weighted by Gasteiger charge is 2.19. The number of carbonyl (C=O) groups excluding carboxylic acids is 1. The molecule has 2 aromatic carbocycles. The summed E-state index contributed by atoms with van der Waals surface area (Å²) in [4.78, 5) is 14.3. The van der Waals surface area contributed by atoms with E-state index in [1.165, 1.54) is 6.07 Å². The number of hydrogen-bond acceptors (Lipinski definition) is 4. The van der Waals surface area contributed by atoms with E-state index in [9.17, 15) is 9.18 Å². The van der Waals surface area contributed by atoms with E-state index in [1.807, 2.05) is 36.4 Å². The van der Waals surface area contributed by atoms with Crippen molar-refractivity contribution < 1.29 is 9.18 Å². The lowest BCUT2D eigenvalue weighted by Gasteiger charge is -2.29. The lowest BCUT2D eigenvalue weighted by molar-refractivity contribution is 0.102. The van der Waals surface area contributed by atoms with Crippen LogP contribution in [0.25, 0.3) is 0 Å². The maximum absolute atomic E-state index is 13.3. The van der Waals surface area contributed by atoms with Gasteiger partial charge in [0.2, 0.25) is 0 Å². The van der Waals surface area contributed by atoms with E-state index in [-0.39, 0.29) is 17.4 Å². The standard InChI is InChI=1S/C20H17FN4O/c21-16-7-6-15-13-25(11-10-14(15)12-16)19-9-8-18(23-24-19)20(26)22-17-4-2-1-3-5-17/h1-9,12H,10-11,13H2,(H,22,26). The molecule has 1 aliphatic rings. The number of hydrogen-bond donors (Lipinski definition) is 1. The normalized spacial score (nSPS) is 13.2. The van der Waals surface area contributed by atoms with Crippen molar-refractivity contribution in [3.63, 3.8) is 0 Å². The molecule has 26 heavy (non-hydrogen) atoms. The van der Waals surface area contributed by atoms with Gasteiger partial charge in [0.15, 0.2) is 11.5 Å². The molecule has 2 heterocycles. The molecule has 0 aliphatic carbocycles.